The van der Waals surface area contributed by atoms with Crippen molar-refractivity contribution < 1.29 is 28.6 Å². The third kappa shape index (κ3) is 6.20. The number of rotatable bonds is 10. The van der Waals surface area contributed by atoms with E-state index in [0.29, 0.717) is 48.0 Å². The number of epoxide rings is 1. The standard InChI is InChI=1S/C34H36IN3O6/c1-34(2)18-27(29-30-31(44-30)32(34)38(29)35)43-33(41)37-25-16-20(12-14-23(25)22-9-5-4-6-10-22)8-7-11-28(40)36-24-15-13-21(19-39)17-26(24)42-3/h4-6,9-10,12-17,19,27,29-32H,7-8,11,18H2,1-3H3,(H,36,40)(H,37,41). The average molecular weight is 710 g/mol. The van der Waals surface area contributed by atoms with Crippen LogP contribution in [-0.4, -0.2) is 58.9 Å². The molecule has 230 valence electrons. The van der Waals surface area contributed by atoms with Crippen LogP contribution in [0.25, 0.3) is 11.1 Å². The fourth-order valence-electron chi connectivity index (χ4n) is 6.70. The van der Waals surface area contributed by atoms with Crippen molar-refractivity contribution in [2.45, 2.75) is 69.9 Å². The zero-order valence-corrected chi connectivity index (χ0v) is 27.1. The first-order chi connectivity index (χ1) is 21.2. The number of fused-ring (bicyclic) bond motifs is 5. The number of anilines is 2. The molecule has 2 bridgehead atoms. The molecule has 0 aromatic heterocycles. The summed E-state index contributed by atoms with van der Waals surface area (Å²) in [4.78, 5) is 37.1. The number of hydrogen-bond donors (Lipinski definition) is 2. The zero-order valence-electron chi connectivity index (χ0n) is 24.9. The van der Waals surface area contributed by atoms with Gasteiger partial charge in [-0.15, -0.1) is 0 Å². The molecule has 2 amide bonds. The Labute approximate surface area is 271 Å². The fourth-order valence-corrected chi connectivity index (χ4v) is 8.45. The first-order valence-corrected chi connectivity index (χ1v) is 15.8. The van der Waals surface area contributed by atoms with Crippen LogP contribution in [0, 0.1) is 5.41 Å². The summed E-state index contributed by atoms with van der Waals surface area (Å²) < 4.78 is 19.7. The molecule has 0 radical (unpaired) electrons. The molecular formula is C34H36IN3O6. The third-order valence-corrected chi connectivity index (χ3v) is 10.1. The number of carbonyl (C=O) groups excluding carboxylic acids is 3. The molecule has 2 N–H and O–H groups in total. The van der Waals surface area contributed by atoms with Gasteiger partial charge in [0.05, 0.1) is 30.6 Å². The van der Waals surface area contributed by atoms with Crippen molar-refractivity contribution in [3.05, 3.63) is 77.9 Å². The van der Waals surface area contributed by atoms with Crippen LogP contribution in [-0.2, 0) is 20.7 Å². The second-order valence-electron chi connectivity index (χ2n) is 12.3. The Morgan fingerprint density at radius 1 is 1.05 bits per heavy atom. The highest BCUT2D eigenvalue weighted by Crippen LogP contribution is 2.57. The van der Waals surface area contributed by atoms with E-state index >= 15 is 0 Å². The van der Waals surface area contributed by atoms with E-state index in [9.17, 15) is 14.4 Å². The number of benzene rings is 3. The van der Waals surface area contributed by atoms with Crippen molar-refractivity contribution in [3.8, 4) is 16.9 Å². The zero-order chi connectivity index (χ0) is 31.0. The first-order valence-electron chi connectivity index (χ1n) is 14.9. The number of halogens is 1. The first kappa shape index (κ1) is 30.5. The van der Waals surface area contributed by atoms with Crippen LogP contribution in [0.5, 0.6) is 5.75 Å². The van der Waals surface area contributed by atoms with Gasteiger partial charge in [0.15, 0.2) is 0 Å². The van der Waals surface area contributed by atoms with Gasteiger partial charge in [-0.2, -0.15) is 0 Å². The summed E-state index contributed by atoms with van der Waals surface area (Å²) in [5, 5.41) is 5.90. The van der Waals surface area contributed by atoms with Crippen molar-refractivity contribution in [2.24, 2.45) is 5.41 Å². The average Bonchev–Trinajstić information content (AvgIpc) is 3.71. The van der Waals surface area contributed by atoms with Gasteiger partial charge in [0, 0.05) is 40.4 Å². The fraction of sp³-hybridized carbons (Fsp3) is 0.382. The lowest BCUT2D eigenvalue weighted by molar-refractivity contribution is -0.116. The van der Waals surface area contributed by atoms with Gasteiger partial charge in [0.1, 0.15) is 30.3 Å². The Morgan fingerprint density at radius 2 is 1.84 bits per heavy atom. The number of amides is 2. The smallest absolute Gasteiger partial charge is 0.411 e. The van der Waals surface area contributed by atoms with Gasteiger partial charge >= 0.3 is 6.09 Å². The second-order valence-corrected chi connectivity index (χ2v) is 13.4. The van der Waals surface area contributed by atoms with E-state index in [-0.39, 0.29) is 35.7 Å². The minimum absolute atomic E-state index is 0.0376. The van der Waals surface area contributed by atoms with Gasteiger partial charge in [-0.1, -0.05) is 56.3 Å². The van der Waals surface area contributed by atoms with Crippen molar-refractivity contribution in [1.29, 1.82) is 0 Å². The van der Waals surface area contributed by atoms with Crippen LogP contribution < -0.4 is 15.4 Å². The number of aryl methyl sites for hydroxylation is 1. The molecule has 10 heteroatoms. The molecule has 3 aromatic carbocycles. The molecule has 5 atom stereocenters. The summed E-state index contributed by atoms with van der Waals surface area (Å²) in [5.74, 6) is 0.281. The molecule has 0 spiro atoms. The predicted octanol–water partition coefficient (Wildman–Crippen LogP) is 6.65. The summed E-state index contributed by atoms with van der Waals surface area (Å²) in [7, 11) is 1.49. The van der Waals surface area contributed by atoms with Crippen molar-refractivity contribution in [1.82, 2.24) is 3.11 Å². The summed E-state index contributed by atoms with van der Waals surface area (Å²) in [6, 6.07) is 21.2. The Kier molecular flexibility index (Phi) is 8.67. The lowest BCUT2D eigenvalue weighted by Gasteiger charge is -2.46. The van der Waals surface area contributed by atoms with Crippen molar-refractivity contribution >= 4 is 52.5 Å². The number of hydrogen-bond acceptors (Lipinski definition) is 7. The van der Waals surface area contributed by atoms with E-state index in [1.807, 2.05) is 48.5 Å². The van der Waals surface area contributed by atoms with E-state index in [1.54, 1.807) is 18.2 Å². The number of piperidine rings is 1. The molecule has 6 rings (SSSR count). The summed E-state index contributed by atoms with van der Waals surface area (Å²) in [6.45, 7) is 4.43. The molecule has 9 nitrogen and oxygen atoms in total. The Morgan fingerprint density at radius 3 is 2.59 bits per heavy atom. The SMILES string of the molecule is COc1cc(C=O)ccc1NC(=O)CCCc1ccc(-c2ccccc2)c(NC(=O)OC2CC(C)(C)C3C4OC4C2N3I)c1. The van der Waals surface area contributed by atoms with E-state index in [2.05, 4.69) is 50.5 Å². The molecule has 3 saturated heterocycles. The van der Waals surface area contributed by atoms with E-state index < -0.39 is 6.09 Å². The maximum absolute atomic E-state index is 13.4. The molecule has 3 heterocycles. The summed E-state index contributed by atoms with van der Waals surface area (Å²) >= 11 is 2.37. The van der Waals surface area contributed by atoms with E-state index in [1.165, 1.54) is 7.11 Å². The highest BCUT2D eigenvalue weighted by atomic mass is 127. The van der Waals surface area contributed by atoms with Gasteiger partial charge in [-0.05, 0) is 60.1 Å². The molecule has 0 saturated carbocycles. The highest BCUT2D eigenvalue weighted by Gasteiger charge is 2.70. The minimum atomic E-state index is -0.485. The number of ether oxygens (including phenoxy) is 3. The van der Waals surface area contributed by atoms with E-state index in [0.717, 1.165) is 29.4 Å². The summed E-state index contributed by atoms with van der Waals surface area (Å²) in [6.07, 6.45) is 2.63. The second kappa shape index (κ2) is 12.5. The summed E-state index contributed by atoms with van der Waals surface area (Å²) in [5.41, 5.74) is 4.47. The number of nitrogens with zero attached hydrogens (tertiary/aromatic N) is 1. The molecule has 3 aliphatic heterocycles. The Bertz CT molecular complexity index is 1560. The van der Waals surface area contributed by atoms with Crippen LogP contribution in [0.3, 0.4) is 0 Å². The number of nitrogens with one attached hydrogen (secondary N) is 2. The molecular weight excluding hydrogens is 673 g/mol. The molecule has 3 fully saturated rings. The lowest BCUT2D eigenvalue weighted by Crippen LogP contribution is -2.56. The third-order valence-electron chi connectivity index (χ3n) is 8.84. The molecule has 3 aliphatic rings. The number of aldehydes is 1. The molecule has 3 aromatic rings. The molecule has 44 heavy (non-hydrogen) atoms. The number of morpholine rings is 1. The van der Waals surface area contributed by atoms with Gasteiger partial charge in [0.25, 0.3) is 0 Å². The maximum Gasteiger partial charge on any atom is 0.411 e. The van der Waals surface area contributed by atoms with Crippen LogP contribution >= 0.6 is 22.9 Å². The van der Waals surface area contributed by atoms with Crippen molar-refractivity contribution in [3.63, 3.8) is 0 Å². The lowest BCUT2D eigenvalue weighted by atomic mass is 9.77. The topological polar surface area (TPSA) is 110 Å². The van der Waals surface area contributed by atoms with E-state index in [4.69, 9.17) is 14.2 Å². The normalized spacial score (nSPS) is 24.6. The van der Waals surface area contributed by atoms with Crippen LogP contribution in [0.1, 0.15) is 49.0 Å². The Balaban J connectivity index is 1.12. The molecule has 0 aliphatic carbocycles. The minimum Gasteiger partial charge on any atom is -0.495 e. The number of carbonyl (C=O) groups is 3. The van der Waals surface area contributed by atoms with Gasteiger partial charge in [-0.25, -0.2) is 7.91 Å². The number of methoxy groups -OCH3 is 1. The quantitative estimate of drug-likeness (QED) is 0.105. The van der Waals surface area contributed by atoms with Crippen molar-refractivity contribution in [2.75, 3.05) is 17.7 Å². The highest BCUT2D eigenvalue weighted by molar-refractivity contribution is 14.1. The van der Waals surface area contributed by atoms with Crippen LogP contribution in [0.4, 0.5) is 16.2 Å². The monoisotopic (exact) mass is 709 g/mol. The van der Waals surface area contributed by atoms with Gasteiger partial charge in [0.2, 0.25) is 5.91 Å². The largest absolute Gasteiger partial charge is 0.495 e. The van der Waals surface area contributed by atoms with Crippen LogP contribution in [0.15, 0.2) is 66.7 Å². The van der Waals surface area contributed by atoms with Crippen LogP contribution in [0.2, 0.25) is 0 Å². The van der Waals surface area contributed by atoms with Gasteiger partial charge in [-0.3, -0.25) is 14.9 Å². The van der Waals surface area contributed by atoms with Gasteiger partial charge < -0.3 is 19.5 Å². The Hall–Kier alpha value is -3.48. The predicted molar refractivity (Wildman–Crippen MR) is 176 cm³/mol. The molecule has 5 unspecified atom stereocenters. The maximum atomic E-state index is 13.4.